The van der Waals surface area contributed by atoms with Gasteiger partial charge >= 0.3 is 0 Å². The van der Waals surface area contributed by atoms with Gasteiger partial charge in [-0.3, -0.25) is 0 Å². The molecule has 5 nitrogen and oxygen atoms in total. The van der Waals surface area contributed by atoms with E-state index in [9.17, 15) is 0 Å². The molecule has 3 aliphatic heterocycles. The molecule has 6 heteroatoms. The fraction of sp³-hybridized carbons (Fsp3) is 0.190. The molecular weight excluding hydrogens is 360 g/mol. The highest BCUT2D eigenvalue weighted by Crippen LogP contribution is 2.48. The van der Waals surface area contributed by atoms with Crippen molar-refractivity contribution in [3.05, 3.63) is 76.0 Å². The van der Waals surface area contributed by atoms with E-state index in [1.807, 2.05) is 24.3 Å². The van der Waals surface area contributed by atoms with Crippen molar-refractivity contribution in [1.29, 1.82) is 0 Å². The molecule has 0 bridgehead atoms. The Morgan fingerprint density at radius 2 is 1.93 bits per heavy atom. The van der Waals surface area contributed by atoms with Gasteiger partial charge < -0.3 is 14.2 Å². The number of hydrazone groups is 1. The maximum atomic E-state index is 6.33. The van der Waals surface area contributed by atoms with Crippen LogP contribution >= 0.6 is 11.3 Å². The quantitative estimate of drug-likeness (QED) is 0.649. The third-order valence-corrected chi connectivity index (χ3v) is 5.93. The fourth-order valence-electron chi connectivity index (χ4n) is 3.92. The SMILES string of the molecule is c1ccc2c(c1)O[C@H](c1ccsc1)N1N=C(c3ccc4c(c3)OCO4)C[C@@H]21. The van der Waals surface area contributed by atoms with Gasteiger partial charge in [0.1, 0.15) is 5.75 Å². The summed E-state index contributed by atoms with van der Waals surface area (Å²) in [6.45, 7) is 0.279. The van der Waals surface area contributed by atoms with Crippen molar-refractivity contribution in [2.24, 2.45) is 5.10 Å². The predicted molar refractivity (Wildman–Crippen MR) is 102 cm³/mol. The summed E-state index contributed by atoms with van der Waals surface area (Å²) in [6.07, 6.45) is 0.628. The second kappa shape index (κ2) is 5.76. The molecule has 4 heterocycles. The van der Waals surface area contributed by atoms with Crippen molar-refractivity contribution in [3.63, 3.8) is 0 Å². The van der Waals surface area contributed by atoms with Crippen LogP contribution in [0, 0.1) is 0 Å². The molecule has 0 amide bonds. The average molecular weight is 376 g/mol. The summed E-state index contributed by atoms with van der Waals surface area (Å²) in [6, 6.07) is 16.6. The molecule has 0 radical (unpaired) electrons. The molecule has 2 aromatic carbocycles. The summed E-state index contributed by atoms with van der Waals surface area (Å²) in [4.78, 5) is 0. The molecule has 0 saturated carbocycles. The Hall–Kier alpha value is -2.99. The first-order valence-corrected chi connectivity index (χ1v) is 9.84. The number of hydrogen-bond acceptors (Lipinski definition) is 6. The first kappa shape index (κ1) is 15.1. The molecule has 27 heavy (non-hydrogen) atoms. The zero-order valence-electron chi connectivity index (χ0n) is 14.4. The average Bonchev–Trinajstić information content (AvgIpc) is 3.47. The van der Waals surface area contributed by atoms with E-state index < -0.39 is 0 Å². The van der Waals surface area contributed by atoms with Crippen molar-refractivity contribution in [3.8, 4) is 17.2 Å². The van der Waals surface area contributed by atoms with Crippen molar-refractivity contribution >= 4 is 17.0 Å². The fourth-order valence-corrected chi connectivity index (χ4v) is 4.59. The Morgan fingerprint density at radius 1 is 1.00 bits per heavy atom. The molecule has 0 N–H and O–H groups in total. The molecule has 0 spiro atoms. The largest absolute Gasteiger partial charge is 0.464 e. The standard InChI is InChI=1S/C21H16N2O3S/c1-2-4-18-15(3-1)17-10-16(13-5-6-19-20(9-13)25-12-24-19)22-23(17)21(26-18)14-7-8-27-11-14/h1-9,11,17,21H,10,12H2/t17-,21+/m0/s1. The van der Waals surface area contributed by atoms with E-state index in [1.54, 1.807) is 11.3 Å². The summed E-state index contributed by atoms with van der Waals surface area (Å²) in [5, 5.41) is 11.3. The third-order valence-electron chi connectivity index (χ3n) is 5.23. The monoisotopic (exact) mass is 376 g/mol. The lowest BCUT2D eigenvalue weighted by Gasteiger charge is -2.37. The van der Waals surface area contributed by atoms with Crippen molar-refractivity contribution in [1.82, 2.24) is 5.01 Å². The van der Waals surface area contributed by atoms with Crippen LogP contribution in [0.3, 0.4) is 0 Å². The van der Waals surface area contributed by atoms with Crippen molar-refractivity contribution < 1.29 is 14.2 Å². The summed E-state index contributed by atoms with van der Waals surface area (Å²) < 4.78 is 17.3. The number of ether oxygens (including phenoxy) is 3. The third kappa shape index (κ3) is 2.33. The van der Waals surface area contributed by atoms with E-state index in [4.69, 9.17) is 19.3 Å². The number of rotatable bonds is 2. The van der Waals surface area contributed by atoms with Crippen LogP contribution in [0.2, 0.25) is 0 Å². The second-order valence-corrected chi connectivity index (χ2v) is 7.56. The van der Waals surface area contributed by atoms with Gasteiger partial charge in [-0.2, -0.15) is 16.4 Å². The predicted octanol–water partition coefficient (Wildman–Crippen LogP) is 4.72. The molecule has 3 aliphatic rings. The van der Waals surface area contributed by atoms with Crippen LogP contribution in [0.15, 0.2) is 64.4 Å². The molecule has 0 aliphatic carbocycles. The Morgan fingerprint density at radius 3 is 2.85 bits per heavy atom. The smallest absolute Gasteiger partial charge is 0.231 e. The van der Waals surface area contributed by atoms with Gasteiger partial charge in [0.2, 0.25) is 13.0 Å². The van der Waals surface area contributed by atoms with Gasteiger partial charge in [-0.15, -0.1) is 0 Å². The number of para-hydroxylation sites is 1. The zero-order valence-corrected chi connectivity index (χ0v) is 15.2. The molecule has 1 aromatic heterocycles. The minimum absolute atomic E-state index is 0.167. The topological polar surface area (TPSA) is 43.3 Å². The molecule has 134 valence electrons. The second-order valence-electron chi connectivity index (χ2n) is 6.78. The normalized spacial score (nSPS) is 22.1. The molecular formula is C21H16N2O3S. The van der Waals surface area contributed by atoms with E-state index >= 15 is 0 Å². The van der Waals surface area contributed by atoms with Gasteiger partial charge in [-0.05, 0) is 41.1 Å². The summed E-state index contributed by atoms with van der Waals surface area (Å²) >= 11 is 1.67. The van der Waals surface area contributed by atoms with E-state index in [-0.39, 0.29) is 19.1 Å². The van der Waals surface area contributed by atoms with Gasteiger partial charge in [-0.25, -0.2) is 5.01 Å². The zero-order chi connectivity index (χ0) is 17.8. The Balaban J connectivity index is 1.43. The Kier molecular flexibility index (Phi) is 3.22. The molecule has 0 fully saturated rings. The number of thiophene rings is 1. The Bertz CT molecular complexity index is 1050. The minimum atomic E-state index is -0.206. The first-order chi connectivity index (χ1) is 13.4. The lowest BCUT2D eigenvalue weighted by molar-refractivity contribution is -0.0187. The van der Waals surface area contributed by atoms with E-state index in [0.29, 0.717) is 0 Å². The number of fused-ring (bicyclic) bond motifs is 4. The molecule has 0 unspecified atom stereocenters. The molecule has 2 atom stereocenters. The lowest BCUT2D eigenvalue weighted by atomic mass is 9.96. The van der Waals surface area contributed by atoms with E-state index in [2.05, 4.69) is 40.0 Å². The Labute approximate surface area is 160 Å². The van der Waals surface area contributed by atoms with Crippen LogP contribution in [0.25, 0.3) is 0 Å². The number of hydrogen-bond donors (Lipinski definition) is 0. The van der Waals surface area contributed by atoms with Crippen molar-refractivity contribution in [2.75, 3.05) is 6.79 Å². The van der Waals surface area contributed by atoms with Crippen LogP contribution in [-0.4, -0.2) is 17.5 Å². The van der Waals surface area contributed by atoms with Gasteiger partial charge in [0, 0.05) is 23.1 Å². The number of nitrogens with zero attached hydrogens (tertiary/aromatic N) is 2. The van der Waals surface area contributed by atoms with Gasteiger partial charge in [-0.1, -0.05) is 18.2 Å². The van der Waals surface area contributed by atoms with Crippen LogP contribution in [0.5, 0.6) is 17.2 Å². The number of benzene rings is 2. The highest BCUT2D eigenvalue weighted by Gasteiger charge is 2.41. The van der Waals surface area contributed by atoms with Crippen LogP contribution in [-0.2, 0) is 0 Å². The maximum Gasteiger partial charge on any atom is 0.231 e. The lowest BCUT2D eigenvalue weighted by Crippen LogP contribution is -2.33. The van der Waals surface area contributed by atoms with E-state index in [0.717, 1.165) is 40.5 Å². The molecule has 0 saturated heterocycles. The molecule has 3 aromatic rings. The van der Waals surface area contributed by atoms with Gasteiger partial charge in [0.25, 0.3) is 0 Å². The van der Waals surface area contributed by atoms with Gasteiger partial charge in [0.05, 0.1) is 11.8 Å². The van der Waals surface area contributed by atoms with Crippen molar-refractivity contribution in [2.45, 2.75) is 18.7 Å². The van der Waals surface area contributed by atoms with Gasteiger partial charge in [0.15, 0.2) is 11.5 Å². The maximum absolute atomic E-state index is 6.33. The molecule has 6 rings (SSSR count). The highest BCUT2D eigenvalue weighted by molar-refractivity contribution is 7.07. The summed E-state index contributed by atoms with van der Waals surface area (Å²) in [5.41, 5.74) is 4.42. The summed E-state index contributed by atoms with van der Waals surface area (Å²) in [5.74, 6) is 2.52. The van der Waals surface area contributed by atoms with Crippen LogP contribution < -0.4 is 14.2 Å². The minimum Gasteiger partial charge on any atom is -0.464 e. The van der Waals surface area contributed by atoms with Crippen LogP contribution in [0.4, 0.5) is 0 Å². The highest BCUT2D eigenvalue weighted by atomic mass is 32.1. The van der Waals surface area contributed by atoms with E-state index in [1.165, 1.54) is 5.56 Å². The summed E-state index contributed by atoms with van der Waals surface area (Å²) in [7, 11) is 0. The first-order valence-electron chi connectivity index (χ1n) is 8.90. The van der Waals surface area contributed by atoms with Crippen LogP contribution in [0.1, 0.15) is 35.4 Å².